The Bertz CT molecular complexity index is 589. The van der Waals surface area contributed by atoms with Gasteiger partial charge in [-0.25, -0.2) is 0 Å². The van der Waals surface area contributed by atoms with Crippen LogP contribution in [0.2, 0.25) is 0 Å². The third kappa shape index (κ3) is 3.83. The average molecular weight is 412 g/mol. The summed E-state index contributed by atoms with van der Waals surface area (Å²) in [6.45, 7) is 4.23. The Hall–Kier alpha value is -1.48. The van der Waals surface area contributed by atoms with E-state index in [1.54, 1.807) is 0 Å². The SMILES string of the molecule is CN1C=CN(C)C(N=Nc2ccc(N3CCNCC3)cc2)=I1. The molecule has 0 radical (unpaired) electrons. The molecule has 1 fully saturated rings. The van der Waals surface area contributed by atoms with E-state index in [1.165, 1.54) is 5.69 Å². The summed E-state index contributed by atoms with van der Waals surface area (Å²) in [6, 6.07) is 8.36. The summed E-state index contributed by atoms with van der Waals surface area (Å²) in [4.78, 5) is 4.44. The fraction of sp³-hybridized carbons (Fsp3) is 0.400. The summed E-state index contributed by atoms with van der Waals surface area (Å²) in [7, 11) is 4.10. The molecule has 2 aliphatic heterocycles. The molecule has 1 N–H and O–H groups in total. The molecule has 0 saturated carbocycles. The van der Waals surface area contributed by atoms with Crippen LogP contribution in [0.4, 0.5) is 11.4 Å². The Morgan fingerprint density at radius 3 is 2.45 bits per heavy atom. The van der Waals surface area contributed by atoms with Crippen LogP contribution in [0, 0.1) is 0 Å². The van der Waals surface area contributed by atoms with Crippen molar-refractivity contribution in [2.24, 2.45) is 10.2 Å². The van der Waals surface area contributed by atoms with E-state index in [1.807, 2.05) is 30.3 Å². The highest BCUT2D eigenvalue weighted by Crippen LogP contribution is 2.22. The monoisotopic (exact) mass is 412 g/mol. The van der Waals surface area contributed by atoms with Crippen molar-refractivity contribution in [3.8, 4) is 0 Å². The van der Waals surface area contributed by atoms with E-state index in [4.69, 9.17) is 0 Å². The predicted octanol–water partition coefficient (Wildman–Crippen LogP) is 2.50. The van der Waals surface area contributed by atoms with Gasteiger partial charge in [0.05, 0.1) is 26.7 Å². The highest BCUT2D eigenvalue weighted by molar-refractivity contribution is 14.2. The molecule has 0 amide bonds. The Morgan fingerprint density at radius 2 is 1.73 bits per heavy atom. The van der Waals surface area contributed by atoms with E-state index in [2.05, 4.69) is 48.9 Å². The topological polar surface area (TPSA) is 46.5 Å². The van der Waals surface area contributed by atoms with E-state index in [9.17, 15) is 0 Å². The van der Waals surface area contributed by atoms with Gasteiger partial charge in [0.25, 0.3) is 0 Å². The maximum atomic E-state index is 4.43. The Morgan fingerprint density at radius 1 is 1.00 bits per heavy atom. The summed E-state index contributed by atoms with van der Waals surface area (Å²) >= 11 is -0.256. The van der Waals surface area contributed by atoms with E-state index in [0.29, 0.717) is 0 Å². The molecule has 1 aromatic carbocycles. The van der Waals surface area contributed by atoms with Crippen LogP contribution in [0.15, 0.2) is 46.9 Å². The summed E-state index contributed by atoms with van der Waals surface area (Å²) in [5, 5.41) is 12.2. The molecule has 1 saturated heterocycles. The first-order valence-electron chi connectivity index (χ1n) is 7.36. The zero-order valence-electron chi connectivity index (χ0n) is 12.9. The van der Waals surface area contributed by atoms with Gasteiger partial charge in [-0.3, -0.25) is 0 Å². The van der Waals surface area contributed by atoms with Crippen LogP contribution in [0.1, 0.15) is 0 Å². The second-order valence-electron chi connectivity index (χ2n) is 5.24. The molecule has 2 aliphatic rings. The predicted molar refractivity (Wildman–Crippen MR) is 99.7 cm³/mol. The standard InChI is InChI=1S/C15H21IN6/c1-20-11-12-21(2)16-15(20)19-18-13-3-5-14(6-4-13)22-9-7-17-8-10-22/h3-6,11-12,17H,7-10H2,1-2H3. The molecule has 22 heavy (non-hydrogen) atoms. The maximum absolute atomic E-state index is 4.43. The van der Waals surface area contributed by atoms with Crippen LogP contribution in [0.3, 0.4) is 0 Å². The summed E-state index contributed by atoms with van der Waals surface area (Å²) in [5.41, 5.74) is 2.17. The quantitative estimate of drug-likeness (QED) is 0.471. The van der Waals surface area contributed by atoms with Crippen LogP contribution >= 0.6 is 21.0 Å². The molecule has 0 aliphatic carbocycles. The Labute approximate surface area is 141 Å². The lowest BCUT2D eigenvalue weighted by Crippen LogP contribution is -2.43. The fourth-order valence-corrected chi connectivity index (χ4v) is 3.99. The van der Waals surface area contributed by atoms with Crippen molar-refractivity contribution in [2.75, 3.05) is 45.2 Å². The number of nitrogens with one attached hydrogen (secondary N) is 1. The fourth-order valence-electron chi connectivity index (χ4n) is 2.30. The normalized spacial score (nSPS) is 19.4. The Balaban J connectivity index is 1.67. The molecule has 2 heterocycles. The lowest BCUT2D eigenvalue weighted by molar-refractivity contribution is 0.589. The first kappa shape index (κ1) is 15.4. The van der Waals surface area contributed by atoms with E-state index < -0.39 is 0 Å². The van der Waals surface area contributed by atoms with Gasteiger partial charge in [0, 0.05) is 58.4 Å². The number of halogens is 1. The number of azo groups is 1. The minimum absolute atomic E-state index is 0.256. The zero-order chi connectivity index (χ0) is 15.4. The van der Waals surface area contributed by atoms with Crippen molar-refractivity contribution in [1.82, 2.24) is 13.3 Å². The molecule has 7 heteroatoms. The molecule has 3 rings (SSSR count). The van der Waals surface area contributed by atoms with Crippen molar-refractivity contribution in [3.05, 3.63) is 36.7 Å². The molecule has 0 bridgehead atoms. The first-order chi connectivity index (χ1) is 10.7. The smallest absolute Gasteiger partial charge is 0.203 e. The van der Waals surface area contributed by atoms with Gasteiger partial charge in [-0.1, -0.05) is 0 Å². The van der Waals surface area contributed by atoms with Crippen LogP contribution in [-0.2, 0) is 0 Å². The number of anilines is 1. The lowest BCUT2D eigenvalue weighted by Gasteiger charge is -2.29. The largest absolute Gasteiger partial charge is 0.369 e. The maximum Gasteiger partial charge on any atom is 0.203 e. The van der Waals surface area contributed by atoms with Crippen molar-refractivity contribution >= 4 is 36.1 Å². The summed E-state index contributed by atoms with van der Waals surface area (Å²) < 4.78 is 3.25. The van der Waals surface area contributed by atoms with E-state index in [-0.39, 0.29) is 21.0 Å². The molecule has 0 aromatic heterocycles. The van der Waals surface area contributed by atoms with Crippen molar-refractivity contribution in [2.45, 2.75) is 0 Å². The lowest BCUT2D eigenvalue weighted by atomic mass is 10.2. The molecule has 0 spiro atoms. The number of piperazine rings is 1. The van der Waals surface area contributed by atoms with Gasteiger partial charge in [-0.15, -0.1) is 10.2 Å². The van der Waals surface area contributed by atoms with E-state index >= 15 is 0 Å². The second-order valence-corrected chi connectivity index (χ2v) is 8.21. The van der Waals surface area contributed by atoms with Gasteiger partial charge in [-0.2, -0.15) is 0 Å². The number of benzene rings is 1. The van der Waals surface area contributed by atoms with Crippen LogP contribution < -0.4 is 10.2 Å². The third-order valence-electron chi connectivity index (χ3n) is 3.58. The minimum atomic E-state index is -0.256. The van der Waals surface area contributed by atoms with Gasteiger partial charge in [0.15, 0.2) is 0 Å². The number of nitrogens with zero attached hydrogens (tertiary/aromatic N) is 5. The summed E-state index contributed by atoms with van der Waals surface area (Å²) in [5.74, 6) is 0. The number of hydrogen-bond donors (Lipinski definition) is 1. The van der Waals surface area contributed by atoms with Gasteiger partial charge < -0.3 is 18.2 Å². The second kappa shape index (κ2) is 7.19. The molecular weight excluding hydrogens is 391 g/mol. The van der Waals surface area contributed by atoms with Crippen LogP contribution in [0.25, 0.3) is 0 Å². The highest BCUT2D eigenvalue weighted by atomic mass is 127. The van der Waals surface area contributed by atoms with Gasteiger partial charge >= 0.3 is 0 Å². The summed E-state index contributed by atoms with van der Waals surface area (Å²) in [6.07, 6.45) is 4.10. The highest BCUT2D eigenvalue weighted by Gasteiger charge is 2.10. The minimum Gasteiger partial charge on any atom is -0.369 e. The molecule has 0 unspecified atom stereocenters. The molecule has 1 aromatic rings. The third-order valence-corrected chi connectivity index (χ3v) is 6.07. The van der Waals surface area contributed by atoms with Crippen molar-refractivity contribution < 1.29 is 0 Å². The van der Waals surface area contributed by atoms with Crippen LogP contribution in [-0.4, -0.2) is 52.0 Å². The molecule has 0 atom stereocenters. The van der Waals surface area contributed by atoms with Crippen LogP contribution in [0.5, 0.6) is 0 Å². The number of rotatable bonds is 3. The van der Waals surface area contributed by atoms with Gasteiger partial charge in [0.2, 0.25) is 3.76 Å². The van der Waals surface area contributed by atoms with Crippen molar-refractivity contribution in [1.29, 1.82) is 0 Å². The van der Waals surface area contributed by atoms with Gasteiger partial charge in [-0.05, 0) is 24.3 Å². The van der Waals surface area contributed by atoms with Crippen molar-refractivity contribution in [3.63, 3.8) is 0 Å². The first-order valence-corrected chi connectivity index (χ1v) is 9.40. The Kier molecular flexibility index (Phi) is 5.04. The van der Waals surface area contributed by atoms with E-state index in [0.717, 1.165) is 35.6 Å². The number of hydrogen-bond acceptors (Lipinski definition) is 6. The molecule has 118 valence electrons. The molecular formula is C15H21IN6. The molecule has 6 nitrogen and oxygen atoms in total. The van der Waals surface area contributed by atoms with Gasteiger partial charge in [0.1, 0.15) is 0 Å². The average Bonchev–Trinajstić information content (AvgIpc) is 2.57. The zero-order valence-corrected chi connectivity index (χ0v) is 15.1.